The largest absolute Gasteiger partial charge is 0.486 e. The molecule has 0 saturated heterocycles. The summed E-state index contributed by atoms with van der Waals surface area (Å²) in [6.07, 6.45) is 2.27. The van der Waals surface area contributed by atoms with Crippen LogP contribution in [0, 0.1) is 5.92 Å². The first-order valence-electron chi connectivity index (χ1n) is 12.7. The summed E-state index contributed by atoms with van der Waals surface area (Å²) in [4.78, 5) is 32.2. The Morgan fingerprint density at radius 1 is 1.20 bits per heavy atom. The molecule has 2 aromatic carbocycles. The Bertz CT molecular complexity index is 1470. The van der Waals surface area contributed by atoms with Gasteiger partial charge in [0, 0.05) is 42.5 Å². The number of halogens is 1. The van der Waals surface area contributed by atoms with Crippen LogP contribution in [0.4, 0.5) is 5.69 Å². The van der Waals surface area contributed by atoms with Gasteiger partial charge in [-0.05, 0) is 55.5 Å². The van der Waals surface area contributed by atoms with E-state index in [0.29, 0.717) is 10.6 Å². The zero-order chi connectivity index (χ0) is 29.0. The Kier molecular flexibility index (Phi) is 9.09. The van der Waals surface area contributed by atoms with Gasteiger partial charge in [0.2, 0.25) is 10.0 Å². The SMILES string of the molecule is C[C@@H]1CN([C@H](C)CO)C(=O)c2cccc(NC(=O)c3ccncc3)c2O[C@H]1CN(C)S(=O)(=O)c1ccc(Cl)cc1. The number of aliphatic hydroxyl groups excluding tert-OH is 1. The quantitative estimate of drug-likeness (QED) is 0.413. The molecule has 3 atom stereocenters. The first-order valence-corrected chi connectivity index (χ1v) is 14.5. The number of carbonyl (C=O) groups excluding carboxylic acids is 2. The molecule has 0 fully saturated rings. The number of anilines is 1. The molecule has 3 aromatic rings. The Hall–Kier alpha value is -3.51. The van der Waals surface area contributed by atoms with Crippen molar-refractivity contribution in [1.29, 1.82) is 0 Å². The average molecular weight is 587 g/mol. The molecule has 0 unspecified atom stereocenters. The van der Waals surface area contributed by atoms with E-state index in [1.165, 1.54) is 48.0 Å². The van der Waals surface area contributed by atoms with Gasteiger partial charge in [-0.15, -0.1) is 0 Å². The number of amides is 2. The fourth-order valence-electron chi connectivity index (χ4n) is 4.40. The first-order chi connectivity index (χ1) is 19.0. The van der Waals surface area contributed by atoms with Crippen LogP contribution in [0.1, 0.15) is 34.6 Å². The number of nitrogens with one attached hydrogen (secondary N) is 1. The fourth-order valence-corrected chi connectivity index (χ4v) is 5.70. The summed E-state index contributed by atoms with van der Waals surface area (Å²) in [6.45, 7) is 3.48. The van der Waals surface area contributed by atoms with Crippen molar-refractivity contribution in [2.45, 2.75) is 30.9 Å². The maximum absolute atomic E-state index is 13.6. The predicted molar refractivity (Wildman–Crippen MR) is 151 cm³/mol. The zero-order valence-electron chi connectivity index (χ0n) is 22.3. The van der Waals surface area contributed by atoms with Crippen molar-refractivity contribution in [2.24, 2.45) is 5.92 Å². The molecule has 212 valence electrons. The molecule has 1 aliphatic rings. The maximum atomic E-state index is 13.6. The van der Waals surface area contributed by atoms with Crippen LogP contribution in [0.15, 0.2) is 71.9 Å². The smallest absolute Gasteiger partial charge is 0.258 e. The molecule has 4 rings (SSSR count). The van der Waals surface area contributed by atoms with Crippen molar-refractivity contribution < 1.29 is 27.9 Å². The van der Waals surface area contributed by atoms with Gasteiger partial charge in [0.25, 0.3) is 11.8 Å². The Morgan fingerprint density at radius 2 is 1.88 bits per heavy atom. The van der Waals surface area contributed by atoms with Gasteiger partial charge in [-0.3, -0.25) is 14.6 Å². The highest BCUT2D eigenvalue weighted by Gasteiger charge is 2.36. The van der Waals surface area contributed by atoms with E-state index in [-0.39, 0.29) is 53.4 Å². The normalized spacial score (nSPS) is 18.4. The number of hydrogen-bond acceptors (Lipinski definition) is 7. The summed E-state index contributed by atoms with van der Waals surface area (Å²) in [5, 5.41) is 13.1. The summed E-state index contributed by atoms with van der Waals surface area (Å²) in [6, 6.07) is 13.3. The molecule has 1 aliphatic heterocycles. The number of nitrogens with zero attached hydrogens (tertiary/aromatic N) is 3. The number of pyridine rings is 1. The minimum Gasteiger partial charge on any atom is -0.486 e. The molecule has 1 aromatic heterocycles. The number of aliphatic hydroxyl groups is 1. The summed E-state index contributed by atoms with van der Waals surface area (Å²) < 4.78 is 34.3. The number of hydrogen-bond donors (Lipinski definition) is 2. The van der Waals surface area contributed by atoms with E-state index in [4.69, 9.17) is 16.3 Å². The Morgan fingerprint density at radius 3 is 2.52 bits per heavy atom. The van der Waals surface area contributed by atoms with Crippen molar-refractivity contribution in [1.82, 2.24) is 14.2 Å². The number of rotatable bonds is 8. The number of carbonyl (C=O) groups is 2. The molecule has 12 heteroatoms. The van der Waals surface area contributed by atoms with Crippen LogP contribution in [0.3, 0.4) is 0 Å². The van der Waals surface area contributed by atoms with Gasteiger partial charge in [-0.25, -0.2) is 8.42 Å². The predicted octanol–water partition coefficient (Wildman–Crippen LogP) is 3.53. The molecule has 40 heavy (non-hydrogen) atoms. The Labute approximate surface area is 238 Å². The number of fused-ring (bicyclic) bond motifs is 1. The summed E-state index contributed by atoms with van der Waals surface area (Å²) in [5.74, 6) is -1.03. The van der Waals surface area contributed by atoms with Crippen molar-refractivity contribution in [2.75, 3.05) is 32.1 Å². The highest BCUT2D eigenvalue weighted by molar-refractivity contribution is 7.89. The van der Waals surface area contributed by atoms with E-state index < -0.39 is 28.1 Å². The third-order valence-electron chi connectivity index (χ3n) is 6.84. The molecule has 0 radical (unpaired) electrons. The number of likely N-dealkylation sites (N-methyl/N-ethyl adjacent to an activating group) is 1. The molecular formula is C28H31ClN4O6S. The van der Waals surface area contributed by atoms with Crippen LogP contribution in [0.25, 0.3) is 0 Å². The molecule has 0 bridgehead atoms. The number of sulfonamides is 1. The number of para-hydroxylation sites is 1. The lowest BCUT2D eigenvalue weighted by molar-refractivity contribution is 0.0388. The lowest BCUT2D eigenvalue weighted by atomic mass is 9.99. The van der Waals surface area contributed by atoms with E-state index in [9.17, 15) is 23.1 Å². The van der Waals surface area contributed by atoms with E-state index in [1.54, 1.807) is 42.2 Å². The molecular weight excluding hydrogens is 556 g/mol. The first kappa shape index (κ1) is 29.5. The maximum Gasteiger partial charge on any atom is 0.258 e. The van der Waals surface area contributed by atoms with Gasteiger partial charge in [0.1, 0.15) is 6.10 Å². The van der Waals surface area contributed by atoms with E-state index in [1.807, 2.05) is 6.92 Å². The topological polar surface area (TPSA) is 129 Å². The number of aromatic nitrogens is 1. The molecule has 0 spiro atoms. The van der Waals surface area contributed by atoms with Crippen molar-refractivity contribution in [3.8, 4) is 5.75 Å². The lowest BCUT2D eigenvalue weighted by Crippen LogP contribution is -2.50. The van der Waals surface area contributed by atoms with Crippen LogP contribution in [-0.4, -0.2) is 78.4 Å². The minimum atomic E-state index is -3.89. The second-order valence-electron chi connectivity index (χ2n) is 9.73. The minimum absolute atomic E-state index is 0.0479. The number of ether oxygens (including phenoxy) is 1. The monoisotopic (exact) mass is 586 g/mol. The van der Waals surface area contributed by atoms with E-state index in [0.717, 1.165) is 0 Å². The lowest BCUT2D eigenvalue weighted by Gasteiger charge is -2.38. The standard InChI is InChI=1S/C28H31ClN4O6S/c1-18-15-33(19(2)17-34)28(36)23-5-4-6-24(31-27(35)20-11-13-30-14-12-20)26(23)39-25(18)16-32(3)40(37,38)22-9-7-21(29)8-10-22/h4-14,18-19,25,34H,15-17H2,1-3H3,(H,31,35)/t18-,19-,25+/m1/s1. The molecule has 2 heterocycles. The molecule has 10 nitrogen and oxygen atoms in total. The molecule has 2 N–H and O–H groups in total. The Balaban J connectivity index is 1.72. The third-order valence-corrected chi connectivity index (χ3v) is 8.93. The third kappa shape index (κ3) is 6.28. The van der Waals surface area contributed by atoms with Crippen molar-refractivity contribution in [3.63, 3.8) is 0 Å². The van der Waals surface area contributed by atoms with Gasteiger partial charge in [0.05, 0.1) is 35.3 Å². The van der Waals surface area contributed by atoms with Crippen LogP contribution >= 0.6 is 11.6 Å². The van der Waals surface area contributed by atoms with Crippen molar-refractivity contribution >= 4 is 39.1 Å². The van der Waals surface area contributed by atoms with Gasteiger partial charge < -0.3 is 20.1 Å². The molecule has 0 aliphatic carbocycles. The second kappa shape index (κ2) is 12.3. The van der Waals surface area contributed by atoms with Crippen LogP contribution < -0.4 is 10.1 Å². The van der Waals surface area contributed by atoms with Gasteiger partial charge in [-0.2, -0.15) is 4.31 Å². The van der Waals surface area contributed by atoms with Gasteiger partial charge >= 0.3 is 0 Å². The highest BCUT2D eigenvalue weighted by Crippen LogP contribution is 2.35. The molecule has 0 saturated carbocycles. The summed E-state index contributed by atoms with van der Waals surface area (Å²) >= 11 is 5.94. The highest BCUT2D eigenvalue weighted by atomic mass is 35.5. The van der Waals surface area contributed by atoms with Gasteiger partial charge in [0.15, 0.2) is 5.75 Å². The van der Waals surface area contributed by atoms with Crippen LogP contribution in [0.5, 0.6) is 5.75 Å². The molecule has 2 amide bonds. The zero-order valence-corrected chi connectivity index (χ0v) is 23.9. The average Bonchev–Trinajstić information content (AvgIpc) is 2.95. The summed E-state index contributed by atoms with van der Waals surface area (Å²) in [5.41, 5.74) is 0.804. The summed E-state index contributed by atoms with van der Waals surface area (Å²) in [7, 11) is -2.43. The van der Waals surface area contributed by atoms with Crippen LogP contribution in [-0.2, 0) is 10.0 Å². The van der Waals surface area contributed by atoms with Crippen LogP contribution in [0.2, 0.25) is 5.02 Å². The van der Waals surface area contributed by atoms with E-state index >= 15 is 0 Å². The van der Waals surface area contributed by atoms with E-state index in [2.05, 4.69) is 10.3 Å². The van der Waals surface area contributed by atoms with Crippen molar-refractivity contribution in [3.05, 3.63) is 83.1 Å². The van der Waals surface area contributed by atoms with Gasteiger partial charge in [-0.1, -0.05) is 24.6 Å². The second-order valence-corrected chi connectivity index (χ2v) is 12.2. The fraction of sp³-hybridized carbons (Fsp3) is 0.321. The number of benzene rings is 2.